The molecule has 1 atom stereocenters. The van der Waals surface area contributed by atoms with E-state index in [1.54, 1.807) is 0 Å². The lowest BCUT2D eigenvalue weighted by Gasteiger charge is -2.18. The standard InChI is InChI=1S/C14H16F3NO5S/c1-3-22-13(19)9-4-10(14(15,16)17)6-12(5-9)24(20,21)18(2)7-11-8-23-11/h4-6,11H,3,7-8H2,1-2H3/t11-/m0/s1. The van der Waals surface area contributed by atoms with Crippen molar-refractivity contribution < 1.29 is 35.9 Å². The summed E-state index contributed by atoms with van der Waals surface area (Å²) < 4.78 is 74.5. The summed E-state index contributed by atoms with van der Waals surface area (Å²) >= 11 is 0. The first-order chi connectivity index (χ1) is 11.1. The first-order valence-corrected chi connectivity index (χ1v) is 8.47. The lowest BCUT2D eigenvalue weighted by Crippen LogP contribution is -2.31. The van der Waals surface area contributed by atoms with Crippen molar-refractivity contribution in [1.82, 2.24) is 4.31 Å². The topological polar surface area (TPSA) is 76.2 Å². The number of carbonyl (C=O) groups excluding carboxylic acids is 1. The van der Waals surface area contributed by atoms with Crippen LogP contribution in [0.2, 0.25) is 0 Å². The molecule has 1 aromatic rings. The molecule has 0 amide bonds. The highest BCUT2D eigenvalue weighted by Crippen LogP contribution is 2.32. The van der Waals surface area contributed by atoms with Crippen molar-refractivity contribution in [2.45, 2.75) is 24.1 Å². The van der Waals surface area contributed by atoms with Crippen molar-refractivity contribution in [3.05, 3.63) is 29.3 Å². The Hall–Kier alpha value is -1.65. The van der Waals surface area contributed by atoms with Gasteiger partial charge in [-0.25, -0.2) is 13.2 Å². The minimum atomic E-state index is -4.80. The maximum absolute atomic E-state index is 13.0. The van der Waals surface area contributed by atoms with Gasteiger partial charge in [0, 0.05) is 13.6 Å². The minimum Gasteiger partial charge on any atom is -0.462 e. The van der Waals surface area contributed by atoms with Crippen LogP contribution in [-0.2, 0) is 25.7 Å². The summed E-state index contributed by atoms with van der Waals surface area (Å²) in [7, 11) is -2.96. The Labute approximate surface area is 137 Å². The van der Waals surface area contributed by atoms with E-state index in [2.05, 4.69) is 4.74 Å². The summed E-state index contributed by atoms with van der Waals surface area (Å²) in [5.41, 5.74) is -1.70. The number of rotatable bonds is 6. The molecule has 0 spiro atoms. The van der Waals surface area contributed by atoms with E-state index in [1.165, 1.54) is 14.0 Å². The van der Waals surface area contributed by atoms with Gasteiger partial charge in [-0.3, -0.25) is 0 Å². The number of ether oxygens (including phenoxy) is 2. The molecule has 24 heavy (non-hydrogen) atoms. The molecule has 0 bridgehead atoms. The van der Waals surface area contributed by atoms with E-state index in [-0.39, 0.29) is 19.3 Å². The third-order valence-electron chi connectivity index (χ3n) is 3.32. The van der Waals surface area contributed by atoms with Gasteiger partial charge >= 0.3 is 12.1 Å². The number of likely N-dealkylation sites (N-methyl/N-ethyl adjacent to an activating group) is 1. The fourth-order valence-electron chi connectivity index (χ4n) is 1.98. The molecule has 1 aromatic carbocycles. The highest BCUT2D eigenvalue weighted by Gasteiger charge is 2.35. The molecule has 1 aliphatic heterocycles. The zero-order valence-corrected chi connectivity index (χ0v) is 13.8. The van der Waals surface area contributed by atoms with Gasteiger partial charge in [-0.1, -0.05) is 0 Å². The largest absolute Gasteiger partial charge is 0.462 e. The number of alkyl halides is 3. The normalized spacial score (nSPS) is 17.8. The fourth-order valence-corrected chi connectivity index (χ4v) is 3.26. The van der Waals surface area contributed by atoms with Gasteiger partial charge in [-0.2, -0.15) is 17.5 Å². The SMILES string of the molecule is CCOC(=O)c1cc(C(F)(F)F)cc(S(=O)(=O)N(C)C[C@H]2CO2)c1. The van der Waals surface area contributed by atoms with E-state index < -0.39 is 38.2 Å². The van der Waals surface area contributed by atoms with Crippen LogP contribution in [0.3, 0.4) is 0 Å². The molecule has 0 aromatic heterocycles. The number of benzene rings is 1. The van der Waals surface area contributed by atoms with Gasteiger partial charge in [0.1, 0.15) is 0 Å². The summed E-state index contributed by atoms with van der Waals surface area (Å²) in [5, 5.41) is 0. The van der Waals surface area contributed by atoms with Gasteiger partial charge in [0.25, 0.3) is 0 Å². The molecule has 10 heteroatoms. The van der Waals surface area contributed by atoms with Crippen molar-refractivity contribution in [1.29, 1.82) is 0 Å². The number of epoxide rings is 1. The average Bonchev–Trinajstić information content (AvgIpc) is 3.30. The minimum absolute atomic E-state index is 0.0211. The van der Waals surface area contributed by atoms with Crippen LogP contribution in [0.1, 0.15) is 22.8 Å². The molecule has 1 saturated heterocycles. The van der Waals surface area contributed by atoms with Gasteiger partial charge in [0.15, 0.2) is 0 Å². The van der Waals surface area contributed by atoms with Crippen LogP contribution in [0, 0.1) is 0 Å². The monoisotopic (exact) mass is 367 g/mol. The van der Waals surface area contributed by atoms with Crippen LogP contribution in [-0.4, -0.2) is 51.6 Å². The highest BCUT2D eigenvalue weighted by molar-refractivity contribution is 7.89. The van der Waals surface area contributed by atoms with Crippen molar-refractivity contribution in [2.24, 2.45) is 0 Å². The molecule has 134 valence electrons. The average molecular weight is 367 g/mol. The van der Waals surface area contributed by atoms with Gasteiger partial charge in [0.05, 0.1) is 35.3 Å². The molecule has 0 N–H and O–H groups in total. The van der Waals surface area contributed by atoms with Crippen molar-refractivity contribution >= 4 is 16.0 Å². The number of hydrogen-bond acceptors (Lipinski definition) is 5. The van der Waals surface area contributed by atoms with E-state index in [0.717, 1.165) is 10.4 Å². The van der Waals surface area contributed by atoms with E-state index in [9.17, 15) is 26.4 Å². The Morgan fingerprint density at radius 1 is 1.38 bits per heavy atom. The summed E-state index contributed by atoms with van der Waals surface area (Å²) in [6.07, 6.45) is -5.06. The second-order valence-electron chi connectivity index (χ2n) is 5.21. The van der Waals surface area contributed by atoms with Crippen molar-refractivity contribution in [2.75, 3.05) is 26.8 Å². The zero-order chi connectivity index (χ0) is 18.1. The van der Waals surface area contributed by atoms with Gasteiger partial charge < -0.3 is 9.47 Å². The Bertz CT molecular complexity index is 728. The van der Waals surface area contributed by atoms with E-state index >= 15 is 0 Å². The third kappa shape index (κ3) is 4.25. The fraction of sp³-hybridized carbons (Fsp3) is 0.500. The van der Waals surface area contributed by atoms with Gasteiger partial charge in [-0.05, 0) is 25.1 Å². The van der Waals surface area contributed by atoms with Crippen molar-refractivity contribution in [3.63, 3.8) is 0 Å². The first kappa shape index (κ1) is 18.7. The van der Waals surface area contributed by atoms with Crippen LogP contribution in [0.5, 0.6) is 0 Å². The van der Waals surface area contributed by atoms with Crippen LogP contribution in [0.25, 0.3) is 0 Å². The quantitative estimate of drug-likeness (QED) is 0.567. The summed E-state index contributed by atoms with van der Waals surface area (Å²) in [4.78, 5) is 11.1. The molecule has 6 nitrogen and oxygen atoms in total. The summed E-state index contributed by atoms with van der Waals surface area (Å²) in [6, 6.07) is 1.95. The van der Waals surface area contributed by atoms with Crippen LogP contribution in [0.15, 0.2) is 23.1 Å². The Morgan fingerprint density at radius 2 is 2.00 bits per heavy atom. The van der Waals surface area contributed by atoms with Gasteiger partial charge in [-0.15, -0.1) is 0 Å². The second-order valence-corrected chi connectivity index (χ2v) is 7.25. The third-order valence-corrected chi connectivity index (χ3v) is 5.12. The summed E-state index contributed by atoms with van der Waals surface area (Å²) in [6.45, 7) is 1.87. The summed E-state index contributed by atoms with van der Waals surface area (Å²) in [5.74, 6) is -1.02. The zero-order valence-electron chi connectivity index (χ0n) is 13.0. The molecule has 1 heterocycles. The molecule has 0 unspecified atom stereocenters. The van der Waals surface area contributed by atoms with Crippen molar-refractivity contribution in [3.8, 4) is 0 Å². The molecule has 0 radical (unpaired) electrons. The highest BCUT2D eigenvalue weighted by atomic mass is 32.2. The molecular weight excluding hydrogens is 351 g/mol. The van der Waals surface area contributed by atoms with Crippen LogP contribution in [0.4, 0.5) is 13.2 Å². The first-order valence-electron chi connectivity index (χ1n) is 7.03. The smallest absolute Gasteiger partial charge is 0.416 e. The van der Waals surface area contributed by atoms with Gasteiger partial charge in [0.2, 0.25) is 10.0 Å². The number of carbonyl (C=O) groups is 1. The lowest BCUT2D eigenvalue weighted by atomic mass is 10.1. The second kappa shape index (κ2) is 6.69. The number of sulfonamides is 1. The van der Waals surface area contributed by atoms with Crippen LogP contribution >= 0.6 is 0 Å². The Balaban J connectivity index is 2.47. The van der Waals surface area contributed by atoms with E-state index in [4.69, 9.17) is 4.74 Å². The lowest BCUT2D eigenvalue weighted by molar-refractivity contribution is -0.137. The molecule has 0 aliphatic carbocycles. The number of halogens is 3. The molecule has 2 rings (SSSR count). The maximum Gasteiger partial charge on any atom is 0.416 e. The Kier molecular flexibility index (Phi) is 5.21. The molecule has 0 saturated carbocycles. The number of esters is 1. The number of nitrogens with zero attached hydrogens (tertiary/aromatic N) is 1. The molecule has 1 fully saturated rings. The molecular formula is C14H16F3NO5S. The predicted octanol–water partition coefficient (Wildman–Crippen LogP) is 1.90. The predicted molar refractivity (Wildman–Crippen MR) is 77.0 cm³/mol. The van der Waals surface area contributed by atoms with E-state index in [1.807, 2.05) is 0 Å². The van der Waals surface area contributed by atoms with E-state index in [0.29, 0.717) is 18.7 Å². The maximum atomic E-state index is 13.0. The Morgan fingerprint density at radius 3 is 2.50 bits per heavy atom. The van der Waals surface area contributed by atoms with Crippen LogP contribution < -0.4 is 0 Å². The number of hydrogen-bond donors (Lipinski definition) is 0. The molecule has 1 aliphatic rings.